The second-order valence-corrected chi connectivity index (χ2v) is 5.43. The zero-order valence-corrected chi connectivity index (χ0v) is 10.7. The van der Waals surface area contributed by atoms with Crippen LogP contribution in [0.5, 0.6) is 0 Å². The van der Waals surface area contributed by atoms with Crippen LogP contribution in [0.15, 0.2) is 11.4 Å². The van der Waals surface area contributed by atoms with Crippen molar-refractivity contribution >= 4 is 17.4 Å². The predicted octanol–water partition coefficient (Wildman–Crippen LogP) is 2.23. The standard InChI is InChI=1S/C11H18N2O2S/c1-11(2,3)15-10(14)13-7-8-4-5-16-9(8)6-12/h4-5H,6-7,12H2,1-3H3,(H,13,14). The fourth-order valence-corrected chi connectivity index (χ4v) is 1.97. The average molecular weight is 242 g/mol. The predicted molar refractivity (Wildman–Crippen MR) is 65.3 cm³/mol. The van der Waals surface area contributed by atoms with Crippen LogP contribution in [0, 0.1) is 0 Å². The number of alkyl carbamates (subject to hydrolysis) is 1. The van der Waals surface area contributed by atoms with Gasteiger partial charge in [-0.3, -0.25) is 0 Å². The van der Waals surface area contributed by atoms with Gasteiger partial charge < -0.3 is 15.8 Å². The van der Waals surface area contributed by atoms with Crippen molar-refractivity contribution in [3.63, 3.8) is 0 Å². The van der Waals surface area contributed by atoms with Crippen molar-refractivity contribution in [1.29, 1.82) is 0 Å². The SMILES string of the molecule is CC(C)(C)OC(=O)NCc1ccsc1CN. The van der Waals surface area contributed by atoms with E-state index in [0.717, 1.165) is 10.4 Å². The van der Waals surface area contributed by atoms with Crippen LogP contribution in [0.3, 0.4) is 0 Å². The van der Waals surface area contributed by atoms with Gasteiger partial charge in [0.25, 0.3) is 0 Å². The zero-order chi connectivity index (χ0) is 12.2. The second kappa shape index (κ2) is 5.32. The summed E-state index contributed by atoms with van der Waals surface area (Å²) in [5.41, 5.74) is 6.16. The molecule has 4 nitrogen and oxygen atoms in total. The quantitative estimate of drug-likeness (QED) is 0.854. The first-order valence-corrected chi connectivity index (χ1v) is 6.02. The number of thiophene rings is 1. The van der Waals surface area contributed by atoms with Crippen LogP contribution in [-0.2, 0) is 17.8 Å². The maximum Gasteiger partial charge on any atom is 0.407 e. The molecule has 0 aliphatic carbocycles. The molecule has 5 heteroatoms. The summed E-state index contributed by atoms with van der Waals surface area (Å²) in [6.45, 7) is 6.47. The first-order valence-electron chi connectivity index (χ1n) is 5.14. The smallest absolute Gasteiger partial charge is 0.407 e. The summed E-state index contributed by atoms with van der Waals surface area (Å²) in [6, 6.07) is 1.96. The number of hydrogen-bond donors (Lipinski definition) is 2. The van der Waals surface area contributed by atoms with Crippen molar-refractivity contribution < 1.29 is 9.53 Å². The van der Waals surface area contributed by atoms with Gasteiger partial charge in [-0.2, -0.15) is 0 Å². The maximum absolute atomic E-state index is 11.4. The van der Waals surface area contributed by atoms with Crippen LogP contribution in [-0.4, -0.2) is 11.7 Å². The van der Waals surface area contributed by atoms with E-state index in [0.29, 0.717) is 13.1 Å². The van der Waals surface area contributed by atoms with E-state index in [1.807, 2.05) is 32.2 Å². The van der Waals surface area contributed by atoms with Crippen LogP contribution in [0.2, 0.25) is 0 Å². The molecule has 0 fully saturated rings. The molecule has 0 spiro atoms. The van der Waals surface area contributed by atoms with Crippen LogP contribution in [0.1, 0.15) is 31.2 Å². The molecule has 1 aromatic rings. The normalized spacial score (nSPS) is 11.2. The topological polar surface area (TPSA) is 64.3 Å². The van der Waals surface area contributed by atoms with E-state index in [9.17, 15) is 4.79 Å². The van der Waals surface area contributed by atoms with Crippen molar-refractivity contribution in [2.75, 3.05) is 0 Å². The molecule has 0 aliphatic heterocycles. The van der Waals surface area contributed by atoms with Gasteiger partial charge in [-0.25, -0.2) is 4.79 Å². The van der Waals surface area contributed by atoms with Gasteiger partial charge >= 0.3 is 6.09 Å². The van der Waals surface area contributed by atoms with Gasteiger partial charge in [-0.05, 0) is 37.8 Å². The third kappa shape index (κ3) is 4.20. The molecule has 0 aromatic carbocycles. The van der Waals surface area contributed by atoms with Gasteiger partial charge in [0.15, 0.2) is 0 Å². The number of hydrogen-bond acceptors (Lipinski definition) is 4. The van der Waals surface area contributed by atoms with E-state index in [1.165, 1.54) is 0 Å². The van der Waals surface area contributed by atoms with E-state index in [4.69, 9.17) is 10.5 Å². The Kier molecular flexibility index (Phi) is 4.32. The Bertz CT molecular complexity index is 355. The molecule has 0 atom stereocenters. The van der Waals surface area contributed by atoms with E-state index >= 15 is 0 Å². The third-order valence-electron chi connectivity index (χ3n) is 1.85. The first-order chi connectivity index (χ1) is 7.42. The Labute approximate surface area is 99.8 Å². The molecule has 1 heterocycles. The molecular formula is C11H18N2O2S. The van der Waals surface area contributed by atoms with Gasteiger partial charge in [-0.15, -0.1) is 11.3 Å². The molecule has 0 bridgehead atoms. The summed E-state index contributed by atoms with van der Waals surface area (Å²) in [7, 11) is 0. The highest BCUT2D eigenvalue weighted by molar-refractivity contribution is 7.10. The number of rotatable bonds is 3. The van der Waals surface area contributed by atoms with Crippen molar-refractivity contribution in [3.05, 3.63) is 21.9 Å². The second-order valence-electron chi connectivity index (χ2n) is 4.43. The minimum absolute atomic E-state index is 0.401. The maximum atomic E-state index is 11.4. The largest absolute Gasteiger partial charge is 0.444 e. The number of carbonyl (C=O) groups excluding carboxylic acids is 1. The van der Waals surface area contributed by atoms with Gasteiger partial charge in [0.2, 0.25) is 0 Å². The van der Waals surface area contributed by atoms with Crippen molar-refractivity contribution in [2.45, 2.75) is 39.5 Å². The Morgan fingerprint density at radius 2 is 2.25 bits per heavy atom. The molecule has 3 N–H and O–H groups in total. The molecule has 0 radical (unpaired) electrons. The Morgan fingerprint density at radius 1 is 1.56 bits per heavy atom. The highest BCUT2D eigenvalue weighted by Gasteiger charge is 2.16. The lowest BCUT2D eigenvalue weighted by Crippen LogP contribution is -2.32. The van der Waals surface area contributed by atoms with E-state index in [1.54, 1.807) is 11.3 Å². The molecule has 0 saturated carbocycles. The average Bonchev–Trinajstić information content (AvgIpc) is 2.59. The lowest BCUT2D eigenvalue weighted by atomic mass is 10.2. The lowest BCUT2D eigenvalue weighted by Gasteiger charge is -2.19. The zero-order valence-electron chi connectivity index (χ0n) is 9.87. The Morgan fingerprint density at radius 3 is 2.81 bits per heavy atom. The van der Waals surface area contributed by atoms with Gasteiger partial charge in [0, 0.05) is 18.0 Å². The van der Waals surface area contributed by atoms with E-state index in [2.05, 4.69) is 5.32 Å². The van der Waals surface area contributed by atoms with Crippen LogP contribution >= 0.6 is 11.3 Å². The summed E-state index contributed by atoms with van der Waals surface area (Å²) >= 11 is 1.60. The summed E-state index contributed by atoms with van der Waals surface area (Å²) in [5.74, 6) is 0. The number of carbonyl (C=O) groups is 1. The van der Waals surface area contributed by atoms with E-state index < -0.39 is 11.7 Å². The molecule has 1 aromatic heterocycles. The Hall–Kier alpha value is -1.07. The van der Waals surface area contributed by atoms with E-state index in [-0.39, 0.29) is 0 Å². The molecule has 1 amide bonds. The van der Waals surface area contributed by atoms with Crippen LogP contribution in [0.4, 0.5) is 4.79 Å². The van der Waals surface area contributed by atoms with Gasteiger partial charge in [0.05, 0.1) is 0 Å². The first kappa shape index (κ1) is 13.0. The van der Waals surface area contributed by atoms with Crippen molar-refractivity contribution in [3.8, 4) is 0 Å². The van der Waals surface area contributed by atoms with Crippen molar-refractivity contribution in [2.24, 2.45) is 5.73 Å². The highest BCUT2D eigenvalue weighted by atomic mass is 32.1. The fraction of sp³-hybridized carbons (Fsp3) is 0.545. The minimum atomic E-state index is -0.463. The molecular weight excluding hydrogens is 224 g/mol. The molecule has 90 valence electrons. The summed E-state index contributed by atoms with van der Waals surface area (Å²) in [4.78, 5) is 12.5. The monoisotopic (exact) mass is 242 g/mol. The minimum Gasteiger partial charge on any atom is -0.444 e. The number of amides is 1. The Balaban J connectivity index is 2.43. The van der Waals surface area contributed by atoms with Gasteiger partial charge in [0.1, 0.15) is 5.60 Å². The summed E-state index contributed by atoms with van der Waals surface area (Å²) in [6.07, 6.45) is -0.401. The summed E-state index contributed by atoms with van der Waals surface area (Å²) in [5, 5.41) is 4.67. The molecule has 0 saturated heterocycles. The molecule has 16 heavy (non-hydrogen) atoms. The van der Waals surface area contributed by atoms with Crippen LogP contribution < -0.4 is 11.1 Å². The van der Waals surface area contributed by atoms with Crippen molar-refractivity contribution in [1.82, 2.24) is 5.32 Å². The lowest BCUT2D eigenvalue weighted by molar-refractivity contribution is 0.0523. The summed E-state index contributed by atoms with van der Waals surface area (Å²) < 4.78 is 5.13. The number of ether oxygens (including phenoxy) is 1. The molecule has 0 unspecified atom stereocenters. The van der Waals surface area contributed by atoms with Crippen LogP contribution in [0.25, 0.3) is 0 Å². The van der Waals surface area contributed by atoms with Gasteiger partial charge in [-0.1, -0.05) is 0 Å². The number of nitrogens with two attached hydrogens (primary N) is 1. The highest BCUT2D eigenvalue weighted by Crippen LogP contribution is 2.15. The fourth-order valence-electron chi connectivity index (χ4n) is 1.19. The molecule has 0 aliphatic rings. The third-order valence-corrected chi connectivity index (χ3v) is 2.83. The molecule has 1 rings (SSSR count). The number of nitrogens with one attached hydrogen (secondary N) is 1.